The first kappa shape index (κ1) is 22.3. The lowest BCUT2D eigenvalue weighted by Gasteiger charge is -2.25. The summed E-state index contributed by atoms with van der Waals surface area (Å²) in [5.41, 5.74) is 1.11. The number of carbonyl (C=O) groups excluding carboxylic acids is 1. The molecule has 2 heterocycles. The molecule has 2 N–H and O–H groups in total. The molecule has 4 atom stereocenters. The first-order valence-corrected chi connectivity index (χ1v) is 10.1. The number of rotatable bonds is 5. The van der Waals surface area contributed by atoms with E-state index < -0.39 is 35.4 Å². The number of benzene rings is 1. The minimum atomic E-state index is -0.913. The number of aromatic nitrogens is 1. The van der Waals surface area contributed by atoms with Gasteiger partial charge in [0, 0.05) is 5.92 Å². The number of aliphatic hydroxyl groups is 1. The third-order valence-electron chi connectivity index (χ3n) is 6.17. The van der Waals surface area contributed by atoms with E-state index in [0.29, 0.717) is 23.4 Å². The fourth-order valence-electron chi connectivity index (χ4n) is 3.98. The zero-order valence-electron chi connectivity index (χ0n) is 17.9. The molecule has 1 aliphatic rings. The van der Waals surface area contributed by atoms with Gasteiger partial charge in [-0.05, 0) is 62.4 Å². The van der Waals surface area contributed by atoms with Crippen molar-refractivity contribution in [3.05, 3.63) is 58.9 Å². The van der Waals surface area contributed by atoms with Gasteiger partial charge in [-0.3, -0.25) is 9.78 Å². The summed E-state index contributed by atoms with van der Waals surface area (Å²) in [6.45, 7) is 9.08. The van der Waals surface area contributed by atoms with Gasteiger partial charge in [0.1, 0.15) is 6.10 Å². The second-order valence-electron chi connectivity index (χ2n) is 8.42. The van der Waals surface area contributed by atoms with E-state index >= 15 is 0 Å². The van der Waals surface area contributed by atoms with Crippen molar-refractivity contribution in [3.8, 4) is 0 Å². The molecule has 2 aromatic rings. The zero-order chi connectivity index (χ0) is 22.2. The average Bonchev–Trinajstić information content (AvgIpc) is 2.96. The number of pyridine rings is 1. The minimum Gasteiger partial charge on any atom is -0.387 e. The fourth-order valence-corrected chi connectivity index (χ4v) is 3.98. The SMILES string of the molecule is CC[C@@H](O)c1ccc(NC(=O)[C@@H]2OC(C)(C)[C@@H](C)[C@H]2c2ccc(F)c(F)c2C)cn1. The van der Waals surface area contributed by atoms with Crippen LogP contribution in [0.4, 0.5) is 14.5 Å². The number of anilines is 1. The number of carbonyl (C=O) groups is 1. The molecule has 1 aromatic heterocycles. The Morgan fingerprint density at radius 1 is 1.30 bits per heavy atom. The summed E-state index contributed by atoms with van der Waals surface area (Å²) < 4.78 is 33.9. The number of amides is 1. The highest BCUT2D eigenvalue weighted by Gasteiger charge is 2.51. The molecule has 3 rings (SSSR count). The van der Waals surface area contributed by atoms with Crippen LogP contribution >= 0.6 is 0 Å². The van der Waals surface area contributed by atoms with E-state index in [2.05, 4.69) is 10.3 Å². The fraction of sp³-hybridized carbons (Fsp3) is 0.478. The quantitative estimate of drug-likeness (QED) is 0.742. The summed E-state index contributed by atoms with van der Waals surface area (Å²) in [4.78, 5) is 17.3. The normalized spacial score (nSPS) is 23.9. The van der Waals surface area contributed by atoms with Crippen LogP contribution in [-0.4, -0.2) is 27.7 Å². The molecule has 1 amide bonds. The van der Waals surface area contributed by atoms with E-state index in [1.165, 1.54) is 19.2 Å². The van der Waals surface area contributed by atoms with E-state index in [0.717, 1.165) is 6.07 Å². The van der Waals surface area contributed by atoms with Gasteiger partial charge in [0.25, 0.3) is 5.91 Å². The van der Waals surface area contributed by atoms with Crippen LogP contribution in [0.1, 0.15) is 63.0 Å². The van der Waals surface area contributed by atoms with Gasteiger partial charge in [0.15, 0.2) is 11.6 Å². The van der Waals surface area contributed by atoms with Crippen LogP contribution in [0.25, 0.3) is 0 Å². The van der Waals surface area contributed by atoms with Crippen LogP contribution in [0.3, 0.4) is 0 Å². The van der Waals surface area contributed by atoms with Crippen molar-refractivity contribution in [2.75, 3.05) is 5.32 Å². The van der Waals surface area contributed by atoms with Crippen LogP contribution < -0.4 is 5.32 Å². The molecular formula is C23H28F2N2O3. The summed E-state index contributed by atoms with van der Waals surface area (Å²) in [6, 6.07) is 5.94. The molecular weight excluding hydrogens is 390 g/mol. The van der Waals surface area contributed by atoms with Gasteiger partial charge in [-0.2, -0.15) is 0 Å². The molecule has 0 bridgehead atoms. The van der Waals surface area contributed by atoms with Crippen LogP contribution in [0.5, 0.6) is 0 Å². The highest BCUT2D eigenvalue weighted by atomic mass is 19.2. The zero-order valence-corrected chi connectivity index (χ0v) is 17.9. The number of ether oxygens (including phenoxy) is 1. The largest absolute Gasteiger partial charge is 0.387 e. The van der Waals surface area contributed by atoms with Crippen molar-refractivity contribution in [2.24, 2.45) is 5.92 Å². The molecule has 1 aromatic carbocycles. The number of hydrogen-bond acceptors (Lipinski definition) is 4. The molecule has 162 valence electrons. The minimum absolute atomic E-state index is 0.114. The van der Waals surface area contributed by atoms with Crippen molar-refractivity contribution in [1.29, 1.82) is 0 Å². The first-order chi connectivity index (χ1) is 14.1. The van der Waals surface area contributed by atoms with E-state index in [1.807, 2.05) is 27.7 Å². The third kappa shape index (κ3) is 4.09. The molecule has 0 spiro atoms. The number of hydrogen-bond donors (Lipinski definition) is 2. The third-order valence-corrected chi connectivity index (χ3v) is 6.17. The van der Waals surface area contributed by atoms with Crippen molar-refractivity contribution in [1.82, 2.24) is 4.98 Å². The monoisotopic (exact) mass is 418 g/mol. The lowest BCUT2D eigenvalue weighted by molar-refractivity contribution is -0.131. The number of aliphatic hydroxyl groups excluding tert-OH is 1. The second kappa shape index (κ2) is 8.40. The molecule has 0 radical (unpaired) electrons. The van der Waals surface area contributed by atoms with E-state index in [1.54, 1.807) is 12.1 Å². The second-order valence-corrected chi connectivity index (χ2v) is 8.42. The summed E-state index contributed by atoms with van der Waals surface area (Å²) in [7, 11) is 0. The molecule has 5 nitrogen and oxygen atoms in total. The molecule has 0 aliphatic carbocycles. The van der Waals surface area contributed by atoms with E-state index in [-0.39, 0.29) is 17.4 Å². The molecule has 0 saturated carbocycles. The smallest absolute Gasteiger partial charge is 0.254 e. The van der Waals surface area contributed by atoms with E-state index in [4.69, 9.17) is 4.74 Å². The van der Waals surface area contributed by atoms with Gasteiger partial charge in [-0.15, -0.1) is 0 Å². The van der Waals surface area contributed by atoms with Gasteiger partial charge < -0.3 is 15.2 Å². The summed E-state index contributed by atoms with van der Waals surface area (Å²) in [6.07, 6.45) is 0.486. The van der Waals surface area contributed by atoms with Crippen LogP contribution in [0.15, 0.2) is 30.5 Å². The Hall–Kier alpha value is -2.38. The topological polar surface area (TPSA) is 71.5 Å². The van der Waals surface area contributed by atoms with Gasteiger partial charge >= 0.3 is 0 Å². The Kier molecular flexibility index (Phi) is 6.24. The van der Waals surface area contributed by atoms with Crippen molar-refractivity contribution in [2.45, 2.75) is 64.8 Å². The number of nitrogens with zero attached hydrogens (tertiary/aromatic N) is 1. The Balaban J connectivity index is 1.89. The molecule has 7 heteroatoms. The maximum atomic E-state index is 14.2. The van der Waals surface area contributed by atoms with Crippen molar-refractivity contribution >= 4 is 11.6 Å². The molecule has 0 unspecified atom stereocenters. The summed E-state index contributed by atoms with van der Waals surface area (Å²) in [5.74, 6) is -2.75. The van der Waals surface area contributed by atoms with Crippen molar-refractivity contribution < 1.29 is 23.4 Å². The Labute approximate surface area is 175 Å². The maximum absolute atomic E-state index is 14.2. The number of halogens is 2. The van der Waals surface area contributed by atoms with Gasteiger partial charge in [0.2, 0.25) is 0 Å². The predicted molar refractivity (Wildman–Crippen MR) is 110 cm³/mol. The molecule has 1 fully saturated rings. The Morgan fingerprint density at radius 3 is 2.60 bits per heavy atom. The highest BCUT2D eigenvalue weighted by Crippen LogP contribution is 2.47. The molecule has 1 saturated heterocycles. The maximum Gasteiger partial charge on any atom is 0.254 e. The average molecular weight is 418 g/mol. The van der Waals surface area contributed by atoms with Crippen LogP contribution in [0, 0.1) is 24.5 Å². The van der Waals surface area contributed by atoms with Gasteiger partial charge in [-0.1, -0.05) is 19.9 Å². The van der Waals surface area contributed by atoms with E-state index in [9.17, 15) is 18.7 Å². The summed E-state index contributed by atoms with van der Waals surface area (Å²) in [5, 5.41) is 12.7. The highest BCUT2D eigenvalue weighted by molar-refractivity contribution is 5.95. The first-order valence-electron chi connectivity index (χ1n) is 10.1. The van der Waals surface area contributed by atoms with Gasteiger partial charge in [0.05, 0.1) is 29.3 Å². The molecule has 30 heavy (non-hydrogen) atoms. The Morgan fingerprint density at radius 2 is 2.00 bits per heavy atom. The van der Waals surface area contributed by atoms with Crippen LogP contribution in [0.2, 0.25) is 0 Å². The lowest BCUT2D eigenvalue weighted by Crippen LogP contribution is -2.33. The van der Waals surface area contributed by atoms with Crippen LogP contribution in [-0.2, 0) is 9.53 Å². The number of nitrogens with one attached hydrogen (secondary N) is 1. The lowest BCUT2D eigenvalue weighted by atomic mass is 9.77. The van der Waals surface area contributed by atoms with Gasteiger partial charge in [-0.25, -0.2) is 8.78 Å². The predicted octanol–water partition coefficient (Wildman–Crippen LogP) is 4.65. The summed E-state index contributed by atoms with van der Waals surface area (Å²) >= 11 is 0. The standard InChI is InChI=1S/C23H28F2N2O3/c1-6-18(28)17-10-7-14(11-26-17)27-22(29)21-19(13(3)23(4,5)30-21)15-8-9-16(24)20(25)12(15)2/h7-11,13,18-19,21,28H,6H2,1-5H3,(H,27,29)/t13-,18+,19-,21+/m0/s1. The molecule has 1 aliphatic heterocycles. The van der Waals surface area contributed by atoms with Crippen molar-refractivity contribution in [3.63, 3.8) is 0 Å². The Bertz CT molecular complexity index is 931.